The molecule has 0 aliphatic rings. The molecule has 0 spiro atoms. The molecular formula is C15H18OS. The Morgan fingerprint density at radius 2 is 2.00 bits per heavy atom. The Labute approximate surface area is 107 Å². The molecule has 90 valence electrons. The van der Waals surface area contributed by atoms with Crippen LogP contribution in [0.5, 0.6) is 0 Å². The minimum atomic E-state index is -0.743. The molecule has 0 bridgehead atoms. The molecule has 0 saturated carbocycles. The summed E-state index contributed by atoms with van der Waals surface area (Å²) < 4.78 is 0. The van der Waals surface area contributed by atoms with Crippen molar-refractivity contribution in [3.8, 4) is 0 Å². The number of hydrogen-bond donors (Lipinski definition) is 1. The van der Waals surface area contributed by atoms with Gasteiger partial charge >= 0.3 is 0 Å². The van der Waals surface area contributed by atoms with Crippen LogP contribution in [0, 0.1) is 6.92 Å². The molecule has 1 atom stereocenters. The molecule has 0 fully saturated rings. The van der Waals surface area contributed by atoms with Gasteiger partial charge in [-0.25, -0.2) is 0 Å². The Bertz CT molecular complexity index is 471. The molecular weight excluding hydrogens is 228 g/mol. The summed E-state index contributed by atoms with van der Waals surface area (Å²) in [6.45, 7) is 3.95. The number of aliphatic hydroxyl groups is 1. The van der Waals surface area contributed by atoms with E-state index in [1.807, 2.05) is 38.1 Å². The molecule has 2 aromatic rings. The predicted molar refractivity (Wildman–Crippen MR) is 73.4 cm³/mol. The van der Waals surface area contributed by atoms with E-state index in [0.717, 1.165) is 24.0 Å². The molecule has 0 saturated heterocycles. The fraction of sp³-hybridized carbons (Fsp3) is 0.333. The second kappa shape index (κ2) is 5.03. The van der Waals surface area contributed by atoms with Crippen LogP contribution in [-0.4, -0.2) is 5.11 Å². The summed E-state index contributed by atoms with van der Waals surface area (Å²) in [7, 11) is 0. The highest BCUT2D eigenvalue weighted by Crippen LogP contribution is 2.28. The first kappa shape index (κ1) is 12.3. The number of hydrogen-bond acceptors (Lipinski definition) is 2. The third-order valence-corrected chi connectivity index (χ3v) is 3.94. The maximum atomic E-state index is 10.6. The Morgan fingerprint density at radius 1 is 1.24 bits per heavy atom. The van der Waals surface area contributed by atoms with Gasteiger partial charge in [0.15, 0.2) is 0 Å². The maximum absolute atomic E-state index is 10.6. The molecule has 1 aromatic carbocycles. The Kier molecular flexibility index (Phi) is 3.65. The summed E-state index contributed by atoms with van der Waals surface area (Å²) in [6.07, 6.45) is 1.68. The van der Waals surface area contributed by atoms with Crippen molar-refractivity contribution in [1.29, 1.82) is 0 Å². The normalized spacial score (nSPS) is 14.5. The van der Waals surface area contributed by atoms with Crippen LogP contribution in [0.3, 0.4) is 0 Å². The monoisotopic (exact) mass is 246 g/mol. The first-order valence-electron chi connectivity index (χ1n) is 5.89. The summed E-state index contributed by atoms with van der Waals surface area (Å²) in [6, 6.07) is 10.2. The fourth-order valence-electron chi connectivity index (χ4n) is 2.13. The Balaban J connectivity index is 2.11. The van der Waals surface area contributed by atoms with Crippen molar-refractivity contribution in [3.63, 3.8) is 0 Å². The van der Waals surface area contributed by atoms with E-state index in [0.29, 0.717) is 0 Å². The van der Waals surface area contributed by atoms with Crippen molar-refractivity contribution in [2.24, 2.45) is 0 Å². The highest BCUT2D eigenvalue weighted by molar-refractivity contribution is 7.07. The lowest BCUT2D eigenvalue weighted by molar-refractivity contribution is 0.0474. The summed E-state index contributed by atoms with van der Waals surface area (Å²) in [4.78, 5) is 0. The van der Waals surface area contributed by atoms with E-state index in [1.165, 1.54) is 5.56 Å². The molecule has 2 rings (SSSR count). The fourth-order valence-corrected chi connectivity index (χ4v) is 2.84. The van der Waals surface area contributed by atoms with Crippen LogP contribution < -0.4 is 0 Å². The van der Waals surface area contributed by atoms with Gasteiger partial charge in [0, 0.05) is 0 Å². The van der Waals surface area contributed by atoms with E-state index in [-0.39, 0.29) is 0 Å². The highest BCUT2D eigenvalue weighted by Gasteiger charge is 2.24. The van der Waals surface area contributed by atoms with E-state index >= 15 is 0 Å². The molecule has 1 heterocycles. The van der Waals surface area contributed by atoms with Crippen LogP contribution in [-0.2, 0) is 12.0 Å². The van der Waals surface area contributed by atoms with E-state index in [9.17, 15) is 5.11 Å². The lowest BCUT2D eigenvalue weighted by Gasteiger charge is -2.25. The largest absolute Gasteiger partial charge is 0.385 e. The highest BCUT2D eigenvalue weighted by atomic mass is 32.1. The number of benzene rings is 1. The third kappa shape index (κ3) is 2.96. The van der Waals surface area contributed by atoms with Crippen molar-refractivity contribution in [2.45, 2.75) is 32.3 Å². The standard InChI is InChI=1S/C15H18OS/c1-12-5-3-4-6-14(12)15(2,16)9-7-13-8-10-17-11-13/h3-6,8,10-11,16H,7,9H2,1-2H3. The van der Waals surface area contributed by atoms with Crippen molar-refractivity contribution < 1.29 is 5.11 Å². The number of rotatable bonds is 4. The minimum Gasteiger partial charge on any atom is -0.385 e. The van der Waals surface area contributed by atoms with E-state index in [2.05, 4.69) is 16.8 Å². The van der Waals surface area contributed by atoms with Gasteiger partial charge < -0.3 is 5.11 Å². The molecule has 0 aliphatic heterocycles. The Hall–Kier alpha value is -1.12. The quantitative estimate of drug-likeness (QED) is 0.867. The molecule has 0 aliphatic carbocycles. The molecule has 1 unspecified atom stereocenters. The van der Waals surface area contributed by atoms with E-state index in [4.69, 9.17) is 0 Å². The van der Waals surface area contributed by atoms with Crippen LogP contribution >= 0.6 is 11.3 Å². The Morgan fingerprint density at radius 3 is 2.65 bits per heavy atom. The second-order valence-electron chi connectivity index (χ2n) is 4.72. The van der Waals surface area contributed by atoms with Gasteiger partial charge in [-0.2, -0.15) is 11.3 Å². The number of thiophene rings is 1. The third-order valence-electron chi connectivity index (χ3n) is 3.21. The summed E-state index contributed by atoms with van der Waals surface area (Å²) in [5.74, 6) is 0. The average Bonchev–Trinajstić information content (AvgIpc) is 2.80. The second-order valence-corrected chi connectivity index (χ2v) is 5.50. The van der Waals surface area contributed by atoms with E-state index in [1.54, 1.807) is 11.3 Å². The van der Waals surface area contributed by atoms with Gasteiger partial charge in [0.1, 0.15) is 0 Å². The number of aryl methyl sites for hydroxylation is 2. The van der Waals surface area contributed by atoms with Crippen LogP contribution in [0.2, 0.25) is 0 Å². The maximum Gasteiger partial charge on any atom is 0.0874 e. The van der Waals surface area contributed by atoms with Gasteiger partial charge in [-0.1, -0.05) is 24.3 Å². The van der Waals surface area contributed by atoms with Crippen molar-refractivity contribution in [3.05, 3.63) is 57.8 Å². The smallest absolute Gasteiger partial charge is 0.0874 e. The van der Waals surface area contributed by atoms with Gasteiger partial charge in [-0.3, -0.25) is 0 Å². The van der Waals surface area contributed by atoms with Crippen LogP contribution in [0.1, 0.15) is 30.0 Å². The van der Waals surface area contributed by atoms with Gasteiger partial charge in [-0.15, -0.1) is 0 Å². The van der Waals surface area contributed by atoms with Crippen LogP contribution in [0.15, 0.2) is 41.1 Å². The summed E-state index contributed by atoms with van der Waals surface area (Å²) in [5, 5.41) is 14.8. The zero-order chi connectivity index (χ0) is 12.3. The molecule has 2 heteroatoms. The minimum absolute atomic E-state index is 0.743. The summed E-state index contributed by atoms with van der Waals surface area (Å²) in [5.41, 5.74) is 2.76. The van der Waals surface area contributed by atoms with E-state index < -0.39 is 5.60 Å². The lowest BCUT2D eigenvalue weighted by Crippen LogP contribution is -2.23. The van der Waals surface area contributed by atoms with Gasteiger partial charge in [0.25, 0.3) is 0 Å². The zero-order valence-electron chi connectivity index (χ0n) is 10.3. The zero-order valence-corrected chi connectivity index (χ0v) is 11.1. The molecule has 1 aromatic heterocycles. The molecule has 0 radical (unpaired) electrons. The van der Waals surface area contributed by atoms with Gasteiger partial charge in [0.2, 0.25) is 0 Å². The molecule has 1 N–H and O–H groups in total. The van der Waals surface area contributed by atoms with Gasteiger partial charge in [-0.05, 0) is 60.2 Å². The lowest BCUT2D eigenvalue weighted by atomic mass is 9.87. The summed E-state index contributed by atoms with van der Waals surface area (Å²) >= 11 is 1.71. The topological polar surface area (TPSA) is 20.2 Å². The van der Waals surface area contributed by atoms with Crippen LogP contribution in [0.25, 0.3) is 0 Å². The van der Waals surface area contributed by atoms with Crippen molar-refractivity contribution >= 4 is 11.3 Å². The van der Waals surface area contributed by atoms with Gasteiger partial charge in [0.05, 0.1) is 5.60 Å². The molecule has 1 nitrogen and oxygen atoms in total. The van der Waals surface area contributed by atoms with Crippen molar-refractivity contribution in [1.82, 2.24) is 0 Å². The first-order chi connectivity index (χ1) is 8.09. The molecule has 0 amide bonds. The van der Waals surface area contributed by atoms with Crippen molar-refractivity contribution in [2.75, 3.05) is 0 Å². The van der Waals surface area contributed by atoms with Crippen LogP contribution in [0.4, 0.5) is 0 Å². The first-order valence-corrected chi connectivity index (χ1v) is 6.83. The molecule has 17 heavy (non-hydrogen) atoms. The average molecular weight is 246 g/mol. The SMILES string of the molecule is Cc1ccccc1C(C)(O)CCc1ccsc1. The predicted octanol–water partition coefficient (Wildman–Crippen LogP) is 3.90.